The van der Waals surface area contributed by atoms with E-state index in [0.29, 0.717) is 17.3 Å². The third kappa shape index (κ3) is 3.46. The van der Waals surface area contributed by atoms with Gasteiger partial charge in [0.15, 0.2) is 0 Å². The van der Waals surface area contributed by atoms with Gasteiger partial charge < -0.3 is 9.30 Å². The van der Waals surface area contributed by atoms with Crippen LogP contribution in [0.4, 0.5) is 4.79 Å². The maximum Gasteiger partial charge on any atom is 0.290 e. The Balaban J connectivity index is 1.93. The predicted octanol–water partition coefficient (Wildman–Crippen LogP) is 4.43. The number of imide groups is 1. The van der Waals surface area contributed by atoms with Gasteiger partial charge in [-0.25, -0.2) is 0 Å². The van der Waals surface area contributed by atoms with Crippen LogP contribution in [-0.4, -0.2) is 22.3 Å². The SMILES string of the molecule is C=C(OCC)c1ccc(-n2c(C)cc(/C=C3\SC(=O)NC3=O)c2C)cc1. The number of hydrogen-bond donors (Lipinski definition) is 1. The zero-order valence-electron chi connectivity index (χ0n) is 15.0. The Morgan fingerprint density at radius 1 is 1.27 bits per heavy atom. The average molecular weight is 368 g/mol. The van der Waals surface area contributed by atoms with Gasteiger partial charge in [0.1, 0.15) is 5.76 Å². The Morgan fingerprint density at radius 3 is 2.54 bits per heavy atom. The van der Waals surface area contributed by atoms with E-state index >= 15 is 0 Å². The summed E-state index contributed by atoms with van der Waals surface area (Å²) in [6, 6.07) is 9.98. The van der Waals surface area contributed by atoms with E-state index in [1.165, 1.54) is 0 Å². The fourth-order valence-corrected chi connectivity index (χ4v) is 3.62. The van der Waals surface area contributed by atoms with Crippen molar-refractivity contribution in [3.8, 4) is 5.69 Å². The van der Waals surface area contributed by atoms with Crippen molar-refractivity contribution in [3.63, 3.8) is 0 Å². The second-order valence-corrected chi connectivity index (χ2v) is 6.93. The standard InChI is InChI=1S/C20H20N2O3S/c1-5-25-14(4)15-6-8-17(9-7-15)22-12(2)10-16(13(22)3)11-18-19(23)21-20(24)26-18/h6-11H,4-5H2,1-3H3,(H,21,23,24)/b18-11-. The molecule has 3 rings (SSSR count). The highest BCUT2D eigenvalue weighted by Gasteiger charge is 2.25. The molecule has 2 heterocycles. The molecular weight excluding hydrogens is 348 g/mol. The first kappa shape index (κ1) is 18.1. The first-order valence-corrected chi connectivity index (χ1v) is 9.08. The van der Waals surface area contributed by atoms with Crippen LogP contribution >= 0.6 is 11.8 Å². The van der Waals surface area contributed by atoms with E-state index in [-0.39, 0.29) is 11.1 Å². The quantitative estimate of drug-likeness (QED) is 0.627. The number of carbonyl (C=O) groups excluding carboxylic acids is 2. The summed E-state index contributed by atoms with van der Waals surface area (Å²) in [6.07, 6.45) is 1.76. The van der Waals surface area contributed by atoms with Gasteiger partial charge in [-0.15, -0.1) is 0 Å². The second-order valence-electron chi connectivity index (χ2n) is 5.92. The summed E-state index contributed by atoms with van der Waals surface area (Å²) in [4.78, 5) is 23.5. The van der Waals surface area contributed by atoms with E-state index in [2.05, 4.69) is 16.5 Å². The zero-order chi connectivity index (χ0) is 18.8. The average Bonchev–Trinajstić information content (AvgIpc) is 3.06. The molecule has 1 aliphatic heterocycles. The summed E-state index contributed by atoms with van der Waals surface area (Å²) in [7, 11) is 0. The number of thioether (sulfide) groups is 1. The number of nitrogens with one attached hydrogen (secondary N) is 1. The van der Waals surface area contributed by atoms with Crippen LogP contribution in [-0.2, 0) is 9.53 Å². The van der Waals surface area contributed by atoms with Crippen LogP contribution in [0.15, 0.2) is 41.8 Å². The van der Waals surface area contributed by atoms with E-state index in [4.69, 9.17) is 4.74 Å². The van der Waals surface area contributed by atoms with Crippen LogP contribution in [0, 0.1) is 13.8 Å². The second kappa shape index (κ2) is 7.25. The number of amides is 2. The molecule has 0 unspecified atom stereocenters. The van der Waals surface area contributed by atoms with Crippen molar-refractivity contribution in [1.29, 1.82) is 0 Å². The Labute approximate surface area is 156 Å². The minimum atomic E-state index is -0.344. The highest BCUT2D eigenvalue weighted by atomic mass is 32.2. The molecule has 0 atom stereocenters. The van der Waals surface area contributed by atoms with Crippen molar-refractivity contribution in [3.05, 3.63) is 64.3 Å². The van der Waals surface area contributed by atoms with Crippen molar-refractivity contribution in [2.45, 2.75) is 20.8 Å². The Hall–Kier alpha value is -2.73. The molecule has 2 aromatic rings. The molecule has 0 spiro atoms. The van der Waals surface area contributed by atoms with Gasteiger partial charge in [-0.1, -0.05) is 6.58 Å². The van der Waals surface area contributed by atoms with Crippen LogP contribution in [0.2, 0.25) is 0 Å². The molecule has 0 saturated carbocycles. The summed E-state index contributed by atoms with van der Waals surface area (Å²) in [5, 5.41) is 1.94. The Kier molecular flexibility index (Phi) is 5.04. The first-order valence-electron chi connectivity index (χ1n) is 8.27. The van der Waals surface area contributed by atoms with Crippen molar-refractivity contribution in [2.24, 2.45) is 0 Å². The van der Waals surface area contributed by atoms with Gasteiger partial charge in [0.05, 0.1) is 11.5 Å². The molecule has 1 saturated heterocycles. The number of rotatable bonds is 5. The van der Waals surface area contributed by atoms with Crippen LogP contribution in [0.5, 0.6) is 0 Å². The summed E-state index contributed by atoms with van der Waals surface area (Å²) < 4.78 is 7.55. The Bertz CT molecular complexity index is 923. The molecule has 134 valence electrons. The molecule has 1 aliphatic rings. The third-order valence-electron chi connectivity index (χ3n) is 4.16. The van der Waals surface area contributed by atoms with E-state index in [1.807, 2.05) is 51.1 Å². The lowest BCUT2D eigenvalue weighted by Crippen LogP contribution is -2.17. The number of aromatic nitrogens is 1. The minimum absolute atomic E-state index is 0.333. The van der Waals surface area contributed by atoms with Crippen molar-refractivity contribution in [2.75, 3.05) is 6.61 Å². The van der Waals surface area contributed by atoms with Gasteiger partial charge in [0.2, 0.25) is 0 Å². The highest BCUT2D eigenvalue weighted by Crippen LogP contribution is 2.29. The van der Waals surface area contributed by atoms with E-state index < -0.39 is 0 Å². The fourth-order valence-electron chi connectivity index (χ4n) is 2.95. The molecule has 26 heavy (non-hydrogen) atoms. The van der Waals surface area contributed by atoms with E-state index in [1.54, 1.807) is 6.08 Å². The lowest BCUT2D eigenvalue weighted by atomic mass is 10.1. The number of carbonyl (C=O) groups is 2. The van der Waals surface area contributed by atoms with Gasteiger partial charge in [0, 0.05) is 22.6 Å². The molecule has 1 aromatic carbocycles. The number of ether oxygens (including phenoxy) is 1. The van der Waals surface area contributed by atoms with Crippen LogP contribution in [0.3, 0.4) is 0 Å². The van der Waals surface area contributed by atoms with Crippen LogP contribution in [0.1, 0.15) is 29.4 Å². The molecule has 1 fully saturated rings. The maximum absolute atomic E-state index is 11.8. The Morgan fingerprint density at radius 2 is 1.96 bits per heavy atom. The summed E-state index contributed by atoms with van der Waals surface area (Å²) in [5.74, 6) is 0.308. The molecule has 0 radical (unpaired) electrons. The lowest BCUT2D eigenvalue weighted by molar-refractivity contribution is -0.115. The molecule has 6 heteroatoms. The topological polar surface area (TPSA) is 60.3 Å². The molecular formula is C20H20N2O3S. The highest BCUT2D eigenvalue weighted by molar-refractivity contribution is 8.18. The van der Waals surface area contributed by atoms with Crippen molar-refractivity contribution >= 4 is 34.7 Å². The largest absolute Gasteiger partial charge is 0.494 e. The predicted molar refractivity (Wildman–Crippen MR) is 105 cm³/mol. The van der Waals surface area contributed by atoms with Gasteiger partial charge in [-0.3, -0.25) is 14.9 Å². The summed E-state index contributed by atoms with van der Waals surface area (Å²) in [6.45, 7) is 10.4. The third-order valence-corrected chi connectivity index (χ3v) is 4.98. The van der Waals surface area contributed by atoms with E-state index in [0.717, 1.165) is 40.0 Å². The minimum Gasteiger partial charge on any atom is -0.494 e. The molecule has 5 nitrogen and oxygen atoms in total. The number of nitrogens with zero attached hydrogens (tertiary/aromatic N) is 1. The molecule has 0 aliphatic carbocycles. The van der Waals surface area contributed by atoms with Gasteiger partial charge >= 0.3 is 0 Å². The molecule has 2 amide bonds. The lowest BCUT2D eigenvalue weighted by Gasteiger charge is -2.12. The molecule has 0 bridgehead atoms. The van der Waals surface area contributed by atoms with Crippen molar-refractivity contribution < 1.29 is 14.3 Å². The van der Waals surface area contributed by atoms with E-state index in [9.17, 15) is 9.59 Å². The fraction of sp³-hybridized carbons (Fsp3) is 0.200. The number of aryl methyl sites for hydroxylation is 1. The summed E-state index contributed by atoms with van der Waals surface area (Å²) in [5.41, 5.74) is 4.91. The van der Waals surface area contributed by atoms with Gasteiger partial charge in [-0.05, 0) is 74.5 Å². The van der Waals surface area contributed by atoms with Crippen molar-refractivity contribution in [1.82, 2.24) is 9.88 Å². The number of benzene rings is 1. The normalized spacial score (nSPS) is 15.4. The van der Waals surface area contributed by atoms with Crippen LogP contribution in [0.25, 0.3) is 17.5 Å². The monoisotopic (exact) mass is 368 g/mol. The number of hydrogen-bond acceptors (Lipinski definition) is 4. The van der Waals surface area contributed by atoms with Gasteiger partial charge in [-0.2, -0.15) is 0 Å². The zero-order valence-corrected chi connectivity index (χ0v) is 15.8. The smallest absolute Gasteiger partial charge is 0.290 e. The molecule has 1 N–H and O–H groups in total. The molecule has 1 aromatic heterocycles. The van der Waals surface area contributed by atoms with Gasteiger partial charge in [0.25, 0.3) is 11.1 Å². The van der Waals surface area contributed by atoms with Crippen LogP contribution < -0.4 is 5.32 Å². The maximum atomic E-state index is 11.8. The first-order chi connectivity index (χ1) is 12.4. The summed E-state index contributed by atoms with van der Waals surface area (Å²) >= 11 is 0.927.